The topological polar surface area (TPSA) is 49.3 Å². The fraction of sp³-hybridized carbons (Fsp3) is 0.500. The van der Waals surface area contributed by atoms with Crippen molar-refractivity contribution >= 4 is 5.78 Å². The minimum Gasteiger partial charge on any atom is -0.396 e. The molecule has 0 saturated carbocycles. The largest absolute Gasteiger partial charge is 0.396 e. The number of aliphatic hydroxyl groups is 1. The van der Waals surface area contributed by atoms with Gasteiger partial charge in [0.1, 0.15) is 0 Å². The Kier molecular flexibility index (Phi) is 6.51. The molecule has 0 spiro atoms. The lowest BCUT2D eigenvalue weighted by Gasteiger charge is -2.12. The number of benzene rings is 1. The maximum Gasteiger partial charge on any atom is 0.179 e. The zero-order chi connectivity index (χ0) is 12.5. The molecule has 94 valence electrons. The number of nitrogens with one attached hydrogen (secondary N) is 1. The molecule has 17 heavy (non-hydrogen) atoms. The fourth-order valence-electron chi connectivity index (χ4n) is 1.68. The summed E-state index contributed by atoms with van der Waals surface area (Å²) in [5.74, 6) is 0.132. The van der Waals surface area contributed by atoms with Gasteiger partial charge in [-0.05, 0) is 32.7 Å². The first-order valence-electron chi connectivity index (χ1n) is 6.19. The Balaban J connectivity index is 2.28. The second-order valence-electron chi connectivity index (χ2n) is 4.19. The highest BCUT2D eigenvalue weighted by molar-refractivity contribution is 5.99. The highest BCUT2D eigenvalue weighted by Crippen LogP contribution is 2.03. The van der Waals surface area contributed by atoms with Crippen molar-refractivity contribution in [2.75, 3.05) is 13.2 Å². The molecule has 0 aromatic heterocycles. The van der Waals surface area contributed by atoms with Crippen molar-refractivity contribution in [3.63, 3.8) is 0 Å². The summed E-state index contributed by atoms with van der Waals surface area (Å²) in [6.07, 6.45) is 2.82. The molecule has 3 heteroatoms. The standard InChI is InChI=1S/C14H21NO2/c1-12(15-10-6-3-7-11-16)14(17)13-8-4-2-5-9-13/h2,4-5,8-9,12,15-16H,3,6-7,10-11H2,1H3. The van der Waals surface area contributed by atoms with E-state index in [4.69, 9.17) is 5.11 Å². The van der Waals surface area contributed by atoms with Crippen LogP contribution in [0, 0.1) is 0 Å². The molecule has 0 bridgehead atoms. The van der Waals surface area contributed by atoms with Gasteiger partial charge in [0.05, 0.1) is 6.04 Å². The normalized spacial score (nSPS) is 12.4. The maximum atomic E-state index is 12.0. The van der Waals surface area contributed by atoms with Crippen molar-refractivity contribution in [2.45, 2.75) is 32.2 Å². The van der Waals surface area contributed by atoms with Gasteiger partial charge in [0.25, 0.3) is 0 Å². The summed E-state index contributed by atoms with van der Waals surface area (Å²) < 4.78 is 0. The second-order valence-corrected chi connectivity index (χ2v) is 4.19. The highest BCUT2D eigenvalue weighted by atomic mass is 16.2. The first-order valence-corrected chi connectivity index (χ1v) is 6.19. The number of hydrogen-bond donors (Lipinski definition) is 2. The average molecular weight is 235 g/mol. The van der Waals surface area contributed by atoms with Gasteiger partial charge in [-0.1, -0.05) is 30.3 Å². The van der Waals surface area contributed by atoms with Gasteiger partial charge in [-0.3, -0.25) is 4.79 Å². The Morgan fingerprint density at radius 3 is 2.59 bits per heavy atom. The van der Waals surface area contributed by atoms with Gasteiger partial charge in [0, 0.05) is 12.2 Å². The van der Waals surface area contributed by atoms with E-state index in [1.807, 2.05) is 37.3 Å². The summed E-state index contributed by atoms with van der Waals surface area (Å²) >= 11 is 0. The molecule has 0 fully saturated rings. The number of Topliss-reactive ketones (excluding diaryl/α,β-unsaturated/α-hetero) is 1. The zero-order valence-corrected chi connectivity index (χ0v) is 10.4. The second kappa shape index (κ2) is 7.98. The summed E-state index contributed by atoms with van der Waals surface area (Å²) in [6.45, 7) is 2.96. The SMILES string of the molecule is CC(NCCCCCO)C(=O)c1ccccc1. The van der Waals surface area contributed by atoms with E-state index in [1.54, 1.807) is 0 Å². The van der Waals surface area contributed by atoms with Gasteiger partial charge in [-0.25, -0.2) is 0 Å². The molecular weight excluding hydrogens is 214 g/mol. The minimum atomic E-state index is -0.147. The van der Waals surface area contributed by atoms with E-state index in [9.17, 15) is 4.79 Å². The van der Waals surface area contributed by atoms with E-state index in [2.05, 4.69) is 5.32 Å². The number of carbonyl (C=O) groups excluding carboxylic acids is 1. The minimum absolute atomic E-state index is 0.132. The zero-order valence-electron chi connectivity index (χ0n) is 10.4. The third-order valence-electron chi connectivity index (χ3n) is 2.74. The van der Waals surface area contributed by atoms with E-state index in [1.165, 1.54) is 0 Å². The third kappa shape index (κ3) is 5.11. The number of unbranched alkanes of at least 4 members (excludes halogenated alkanes) is 2. The van der Waals surface area contributed by atoms with E-state index in [0.29, 0.717) is 0 Å². The van der Waals surface area contributed by atoms with Gasteiger partial charge >= 0.3 is 0 Å². The predicted octanol–water partition coefficient (Wildman–Crippen LogP) is 2.01. The van der Waals surface area contributed by atoms with Crippen molar-refractivity contribution in [1.82, 2.24) is 5.32 Å². The molecule has 1 unspecified atom stereocenters. The summed E-state index contributed by atoms with van der Waals surface area (Å²) in [7, 11) is 0. The van der Waals surface area contributed by atoms with Crippen LogP contribution in [0.3, 0.4) is 0 Å². The molecule has 0 heterocycles. The van der Waals surface area contributed by atoms with E-state index >= 15 is 0 Å². The molecule has 3 nitrogen and oxygen atoms in total. The molecular formula is C14H21NO2. The van der Waals surface area contributed by atoms with Gasteiger partial charge in [0.15, 0.2) is 5.78 Å². The molecule has 0 radical (unpaired) electrons. The number of hydrogen-bond acceptors (Lipinski definition) is 3. The van der Waals surface area contributed by atoms with E-state index < -0.39 is 0 Å². The van der Waals surface area contributed by atoms with Crippen molar-refractivity contribution in [1.29, 1.82) is 0 Å². The van der Waals surface area contributed by atoms with Gasteiger partial charge < -0.3 is 10.4 Å². The first kappa shape index (κ1) is 13.9. The molecule has 1 atom stereocenters. The van der Waals surface area contributed by atoms with Crippen LogP contribution in [0.25, 0.3) is 0 Å². The number of rotatable bonds is 8. The Labute approximate surface area is 103 Å². The molecule has 0 aliphatic carbocycles. The van der Waals surface area contributed by atoms with Crippen LogP contribution < -0.4 is 5.32 Å². The quantitative estimate of drug-likeness (QED) is 0.535. The lowest BCUT2D eigenvalue weighted by Crippen LogP contribution is -2.34. The van der Waals surface area contributed by atoms with E-state index in [0.717, 1.165) is 31.4 Å². The Hall–Kier alpha value is -1.19. The summed E-state index contributed by atoms with van der Waals surface area (Å²) in [5, 5.41) is 11.8. The lowest BCUT2D eigenvalue weighted by molar-refractivity contribution is 0.0951. The molecule has 2 N–H and O–H groups in total. The summed E-state index contributed by atoms with van der Waals surface area (Å²) in [4.78, 5) is 12.0. The Morgan fingerprint density at radius 1 is 1.24 bits per heavy atom. The van der Waals surface area contributed by atoms with Gasteiger partial charge in [-0.2, -0.15) is 0 Å². The highest BCUT2D eigenvalue weighted by Gasteiger charge is 2.13. The third-order valence-corrected chi connectivity index (χ3v) is 2.74. The number of carbonyl (C=O) groups is 1. The van der Waals surface area contributed by atoms with E-state index in [-0.39, 0.29) is 18.4 Å². The Bertz CT molecular complexity index is 324. The molecule has 0 saturated heterocycles. The van der Waals surface area contributed by atoms with Crippen LogP contribution in [0.1, 0.15) is 36.5 Å². The van der Waals surface area contributed by atoms with Crippen molar-refractivity contribution in [3.05, 3.63) is 35.9 Å². The van der Waals surface area contributed by atoms with Crippen LogP contribution in [-0.4, -0.2) is 30.1 Å². The maximum absolute atomic E-state index is 12.0. The average Bonchev–Trinajstić information content (AvgIpc) is 2.38. The predicted molar refractivity (Wildman–Crippen MR) is 69.2 cm³/mol. The monoisotopic (exact) mass is 235 g/mol. The van der Waals surface area contributed by atoms with Crippen molar-refractivity contribution < 1.29 is 9.90 Å². The van der Waals surface area contributed by atoms with Crippen LogP contribution in [0.15, 0.2) is 30.3 Å². The molecule has 0 aliphatic heterocycles. The van der Waals surface area contributed by atoms with Crippen molar-refractivity contribution in [2.24, 2.45) is 0 Å². The molecule has 1 aromatic rings. The lowest BCUT2D eigenvalue weighted by atomic mass is 10.1. The first-order chi connectivity index (χ1) is 8.25. The van der Waals surface area contributed by atoms with Gasteiger partial charge in [-0.15, -0.1) is 0 Å². The molecule has 1 rings (SSSR count). The molecule has 1 aromatic carbocycles. The number of ketones is 1. The number of aliphatic hydroxyl groups excluding tert-OH is 1. The van der Waals surface area contributed by atoms with Crippen LogP contribution in [-0.2, 0) is 0 Å². The van der Waals surface area contributed by atoms with Crippen LogP contribution in [0.4, 0.5) is 0 Å². The Morgan fingerprint density at radius 2 is 1.94 bits per heavy atom. The molecule has 0 aliphatic rings. The smallest absolute Gasteiger partial charge is 0.179 e. The molecule has 0 amide bonds. The van der Waals surface area contributed by atoms with Crippen LogP contribution >= 0.6 is 0 Å². The summed E-state index contributed by atoms with van der Waals surface area (Å²) in [5.41, 5.74) is 0.753. The van der Waals surface area contributed by atoms with Crippen molar-refractivity contribution in [3.8, 4) is 0 Å². The fourth-order valence-corrected chi connectivity index (χ4v) is 1.68. The summed E-state index contributed by atoms with van der Waals surface area (Å²) in [6, 6.07) is 9.19. The van der Waals surface area contributed by atoms with Crippen LogP contribution in [0.5, 0.6) is 0 Å². The van der Waals surface area contributed by atoms with Crippen LogP contribution in [0.2, 0.25) is 0 Å². The van der Waals surface area contributed by atoms with Gasteiger partial charge in [0.2, 0.25) is 0 Å².